The van der Waals surface area contributed by atoms with E-state index in [0.717, 1.165) is 34.3 Å². The molecule has 1 saturated carbocycles. The van der Waals surface area contributed by atoms with Crippen LogP contribution in [0.2, 0.25) is 0 Å². The molecule has 2 aromatic heterocycles. The van der Waals surface area contributed by atoms with Crippen LogP contribution in [0.15, 0.2) is 78.6 Å². The van der Waals surface area contributed by atoms with E-state index in [0.29, 0.717) is 6.04 Å². The molecule has 6 rings (SSSR count). The second-order valence-electron chi connectivity index (χ2n) is 9.31. The summed E-state index contributed by atoms with van der Waals surface area (Å²) in [5.41, 5.74) is 6.82. The lowest BCUT2D eigenvalue weighted by Gasteiger charge is -2.43. The monoisotopic (exact) mass is 467 g/mol. The number of benzene rings is 1. The molecule has 0 N–H and O–H groups in total. The molecule has 4 heterocycles. The summed E-state index contributed by atoms with van der Waals surface area (Å²) in [4.78, 5) is 17.9. The van der Waals surface area contributed by atoms with Gasteiger partial charge < -0.3 is 14.7 Å². The van der Waals surface area contributed by atoms with Gasteiger partial charge in [0.15, 0.2) is 5.82 Å². The third-order valence-corrected chi connectivity index (χ3v) is 8.15. The van der Waals surface area contributed by atoms with Crippen LogP contribution in [0, 0.1) is 0 Å². The summed E-state index contributed by atoms with van der Waals surface area (Å²) in [6.45, 7) is 11.2. The van der Waals surface area contributed by atoms with Crippen LogP contribution >= 0.6 is 11.8 Å². The number of hydrogen-bond acceptors (Lipinski definition) is 6. The van der Waals surface area contributed by atoms with Crippen molar-refractivity contribution in [2.75, 3.05) is 28.0 Å². The molecule has 0 radical (unpaired) electrons. The average Bonchev–Trinajstić information content (AvgIpc) is 3.65. The van der Waals surface area contributed by atoms with Crippen LogP contribution in [-0.4, -0.2) is 35.4 Å². The van der Waals surface area contributed by atoms with Crippen LogP contribution < -0.4 is 14.7 Å². The van der Waals surface area contributed by atoms with E-state index in [2.05, 4.69) is 89.5 Å². The molecule has 0 amide bonds. The Morgan fingerprint density at radius 1 is 1.06 bits per heavy atom. The maximum atomic E-state index is 5.32. The third-order valence-electron chi connectivity index (χ3n) is 7.37. The first-order valence-corrected chi connectivity index (χ1v) is 13.0. The highest BCUT2D eigenvalue weighted by molar-refractivity contribution is 7.98. The average molecular weight is 468 g/mol. The normalized spacial score (nSPS) is 21.7. The summed E-state index contributed by atoms with van der Waals surface area (Å²) in [7, 11) is 2.09. The molecule has 0 bridgehead atoms. The highest BCUT2D eigenvalue weighted by Gasteiger charge is 2.42. The Bertz CT molecular complexity index is 1300. The number of rotatable bonds is 4. The molecule has 6 heteroatoms. The van der Waals surface area contributed by atoms with Crippen LogP contribution in [0.1, 0.15) is 42.5 Å². The van der Waals surface area contributed by atoms with Gasteiger partial charge in [0, 0.05) is 47.3 Å². The minimum absolute atomic E-state index is 0.0167. The predicted octanol–water partition coefficient (Wildman–Crippen LogP) is 6.10. The number of hydrogen-bond donors (Lipinski definition) is 0. The number of nitrogens with zero attached hydrogens (tertiary/aromatic N) is 5. The second kappa shape index (κ2) is 7.91. The van der Waals surface area contributed by atoms with Crippen LogP contribution in [0.3, 0.4) is 0 Å². The van der Waals surface area contributed by atoms with E-state index in [9.17, 15) is 0 Å². The van der Waals surface area contributed by atoms with Gasteiger partial charge in [-0.2, -0.15) is 0 Å². The van der Waals surface area contributed by atoms with Crippen molar-refractivity contribution >= 4 is 34.8 Å². The van der Waals surface area contributed by atoms with Crippen molar-refractivity contribution in [3.8, 4) is 0 Å². The Kier molecular flexibility index (Phi) is 4.96. The molecule has 172 valence electrons. The van der Waals surface area contributed by atoms with Gasteiger partial charge in [0.25, 0.3) is 0 Å². The Morgan fingerprint density at radius 3 is 2.59 bits per heavy atom. The van der Waals surface area contributed by atoms with Gasteiger partial charge in [0.2, 0.25) is 0 Å². The standard InChI is InChI=1S/C28H29N5S/c1-17-18(2)32(21-11-12-21)28-23(31(17)4)13-14-25(30-28)33-19(3)26-22(9-6-10-24(26)34-5)27(33)20-8-7-15-29-16-20/h6-10,13-16,18,21,27H,1,3,11-12H2,2,4-5H3. The molecule has 0 saturated heterocycles. The molecule has 2 atom stereocenters. The van der Waals surface area contributed by atoms with Gasteiger partial charge in [-0.25, -0.2) is 4.98 Å². The van der Waals surface area contributed by atoms with E-state index in [4.69, 9.17) is 4.98 Å². The number of likely N-dealkylation sites (N-methyl/N-ethyl adjacent to an activating group) is 1. The molecule has 34 heavy (non-hydrogen) atoms. The van der Waals surface area contributed by atoms with E-state index in [1.807, 2.05) is 18.5 Å². The van der Waals surface area contributed by atoms with Crippen LogP contribution in [0.4, 0.5) is 17.3 Å². The van der Waals surface area contributed by atoms with Crippen molar-refractivity contribution in [2.45, 2.75) is 42.8 Å². The summed E-state index contributed by atoms with van der Waals surface area (Å²) in [5, 5.41) is 0. The fraction of sp³-hybridized carbons (Fsp3) is 0.286. The molecule has 0 spiro atoms. The number of thioether (sulfide) groups is 1. The topological polar surface area (TPSA) is 35.5 Å². The van der Waals surface area contributed by atoms with Gasteiger partial charge in [0.1, 0.15) is 5.82 Å². The molecule has 3 aliphatic rings. The lowest BCUT2D eigenvalue weighted by Crippen LogP contribution is -2.46. The van der Waals surface area contributed by atoms with Gasteiger partial charge in [-0.15, -0.1) is 11.8 Å². The quantitative estimate of drug-likeness (QED) is 0.432. The summed E-state index contributed by atoms with van der Waals surface area (Å²) in [6.07, 6.45) is 8.33. The maximum absolute atomic E-state index is 5.32. The molecule has 5 nitrogen and oxygen atoms in total. The van der Waals surface area contributed by atoms with Gasteiger partial charge in [0.05, 0.1) is 17.8 Å². The fourth-order valence-corrected chi connectivity index (χ4v) is 6.10. The summed E-state index contributed by atoms with van der Waals surface area (Å²) < 4.78 is 0. The molecule has 3 aromatic rings. The largest absolute Gasteiger partial charge is 0.344 e. The van der Waals surface area contributed by atoms with Crippen molar-refractivity contribution in [1.82, 2.24) is 9.97 Å². The van der Waals surface area contributed by atoms with Crippen molar-refractivity contribution in [3.63, 3.8) is 0 Å². The summed E-state index contributed by atoms with van der Waals surface area (Å²) in [5.74, 6) is 1.96. The highest BCUT2D eigenvalue weighted by atomic mass is 32.2. The van der Waals surface area contributed by atoms with Gasteiger partial charge in [-0.3, -0.25) is 4.98 Å². The smallest absolute Gasteiger partial charge is 0.155 e. The zero-order valence-corrected chi connectivity index (χ0v) is 20.7. The molecule has 1 aromatic carbocycles. The minimum Gasteiger partial charge on any atom is -0.344 e. The predicted molar refractivity (Wildman–Crippen MR) is 143 cm³/mol. The first-order valence-electron chi connectivity index (χ1n) is 11.8. The summed E-state index contributed by atoms with van der Waals surface area (Å²) in [6, 6.07) is 15.8. The Labute approximate surface area is 205 Å². The van der Waals surface area contributed by atoms with E-state index in [1.165, 1.54) is 28.9 Å². The molecular formula is C28H29N5S. The zero-order valence-electron chi connectivity index (χ0n) is 19.9. The minimum atomic E-state index is -0.0167. The lowest BCUT2D eigenvalue weighted by atomic mass is 9.99. The summed E-state index contributed by atoms with van der Waals surface area (Å²) >= 11 is 1.76. The Balaban J connectivity index is 1.53. The zero-order chi connectivity index (χ0) is 23.6. The Hall–Kier alpha value is -3.25. The molecule has 2 unspecified atom stereocenters. The van der Waals surface area contributed by atoms with Crippen LogP contribution in [0.25, 0.3) is 5.70 Å². The number of pyridine rings is 2. The molecule has 2 aliphatic heterocycles. The van der Waals surface area contributed by atoms with Crippen molar-refractivity contribution in [2.24, 2.45) is 0 Å². The highest BCUT2D eigenvalue weighted by Crippen LogP contribution is 2.51. The fourth-order valence-electron chi connectivity index (χ4n) is 5.44. The third kappa shape index (κ3) is 3.08. The first kappa shape index (κ1) is 21.3. The molecule has 1 fully saturated rings. The van der Waals surface area contributed by atoms with Crippen LogP contribution in [0.5, 0.6) is 0 Å². The van der Waals surface area contributed by atoms with Gasteiger partial charge in [-0.1, -0.05) is 31.4 Å². The van der Waals surface area contributed by atoms with E-state index < -0.39 is 0 Å². The first-order chi connectivity index (χ1) is 16.5. The SMILES string of the molecule is C=C1C(C)N(C2CC2)c2nc(N3C(=C)c4c(SC)cccc4C3c3cccnc3)ccc2N1C. The van der Waals surface area contributed by atoms with Crippen LogP contribution in [-0.2, 0) is 0 Å². The number of aromatic nitrogens is 2. The lowest BCUT2D eigenvalue weighted by molar-refractivity contribution is 0.653. The van der Waals surface area contributed by atoms with Crippen molar-refractivity contribution in [1.29, 1.82) is 0 Å². The second-order valence-corrected chi connectivity index (χ2v) is 10.2. The number of fused-ring (bicyclic) bond motifs is 2. The van der Waals surface area contributed by atoms with Gasteiger partial charge in [-0.05, 0) is 61.4 Å². The molecular weight excluding hydrogens is 438 g/mol. The number of anilines is 3. The van der Waals surface area contributed by atoms with Gasteiger partial charge >= 0.3 is 0 Å². The van der Waals surface area contributed by atoms with Crippen molar-refractivity contribution in [3.05, 3.63) is 90.4 Å². The van der Waals surface area contributed by atoms with E-state index in [-0.39, 0.29) is 12.1 Å². The van der Waals surface area contributed by atoms with E-state index in [1.54, 1.807) is 11.8 Å². The van der Waals surface area contributed by atoms with E-state index >= 15 is 0 Å². The van der Waals surface area contributed by atoms with Crippen molar-refractivity contribution < 1.29 is 0 Å². The Morgan fingerprint density at radius 2 is 1.88 bits per heavy atom. The maximum Gasteiger partial charge on any atom is 0.155 e. The molecule has 1 aliphatic carbocycles.